The van der Waals surface area contributed by atoms with E-state index in [9.17, 15) is 14.7 Å². The molecular formula is C29H24N3O3-. The van der Waals surface area contributed by atoms with Crippen molar-refractivity contribution in [1.29, 1.82) is 0 Å². The first-order valence-electron chi connectivity index (χ1n) is 11.6. The summed E-state index contributed by atoms with van der Waals surface area (Å²) in [6, 6.07) is 23.6. The summed E-state index contributed by atoms with van der Waals surface area (Å²) in [4.78, 5) is 26.8. The Bertz CT molecular complexity index is 1370. The van der Waals surface area contributed by atoms with Crippen LogP contribution in [-0.2, 0) is 16.0 Å². The predicted octanol–water partition coefficient (Wildman–Crippen LogP) is 4.17. The monoisotopic (exact) mass is 462 g/mol. The first-order chi connectivity index (χ1) is 17.0. The van der Waals surface area contributed by atoms with Crippen LogP contribution in [-0.4, -0.2) is 24.1 Å². The Morgan fingerprint density at radius 2 is 1.77 bits per heavy atom. The predicted molar refractivity (Wildman–Crippen MR) is 136 cm³/mol. The number of amides is 1. The van der Waals surface area contributed by atoms with Gasteiger partial charge in [-0.1, -0.05) is 54.1 Å². The Morgan fingerprint density at radius 3 is 2.51 bits per heavy atom. The number of rotatable bonds is 5. The van der Waals surface area contributed by atoms with E-state index in [-0.39, 0.29) is 11.3 Å². The minimum absolute atomic E-state index is 0.00592. The summed E-state index contributed by atoms with van der Waals surface area (Å²) < 4.78 is 0. The number of carboxylic acids is 1. The van der Waals surface area contributed by atoms with Crippen molar-refractivity contribution in [3.05, 3.63) is 107 Å². The number of carbonyl (C=O) groups excluding carboxylic acids is 2. The molecule has 6 nitrogen and oxygen atoms in total. The maximum Gasteiger partial charge on any atom is 0.281 e. The molecule has 5 rings (SSSR count). The van der Waals surface area contributed by atoms with Crippen LogP contribution in [0.4, 0.5) is 17.1 Å². The van der Waals surface area contributed by atoms with Gasteiger partial charge in [-0.05, 0) is 73.4 Å². The molecule has 1 amide bonds. The number of carbonyl (C=O) groups is 2. The lowest BCUT2D eigenvalue weighted by Gasteiger charge is -2.31. The Balaban J connectivity index is 1.39. The van der Waals surface area contributed by atoms with Crippen LogP contribution in [0.25, 0.3) is 6.08 Å². The smallest absolute Gasteiger partial charge is 0.281 e. The highest BCUT2D eigenvalue weighted by atomic mass is 16.4. The summed E-state index contributed by atoms with van der Waals surface area (Å²) in [5, 5.41) is 16.7. The molecule has 0 radical (unpaired) electrons. The third-order valence-corrected chi connectivity index (χ3v) is 6.19. The van der Waals surface area contributed by atoms with Gasteiger partial charge in [0, 0.05) is 17.9 Å². The first kappa shape index (κ1) is 22.3. The van der Waals surface area contributed by atoms with Crippen LogP contribution in [0, 0.1) is 6.92 Å². The van der Waals surface area contributed by atoms with E-state index < -0.39 is 11.9 Å². The van der Waals surface area contributed by atoms with Crippen molar-refractivity contribution >= 4 is 40.7 Å². The second-order valence-electron chi connectivity index (χ2n) is 8.61. The van der Waals surface area contributed by atoms with Crippen molar-refractivity contribution in [2.45, 2.75) is 19.8 Å². The van der Waals surface area contributed by atoms with Gasteiger partial charge in [-0.3, -0.25) is 4.79 Å². The van der Waals surface area contributed by atoms with Gasteiger partial charge in [0.15, 0.2) is 0 Å². The van der Waals surface area contributed by atoms with Crippen molar-refractivity contribution in [1.82, 2.24) is 0 Å². The van der Waals surface area contributed by atoms with Gasteiger partial charge in [0.2, 0.25) is 0 Å². The SMILES string of the molecule is Cc1ccc(N2CCCc3cc(/C=C/C=C4\C(=O)N(c5ccccc5)N=C4C(=O)[O-])ccc32)cc1. The van der Waals surface area contributed by atoms with Gasteiger partial charge in [0.1, 0.15) is 5.71 Å². The maximum atomic E-state index is 12.9. The molecule has 0 aromatic heterocycles. The highest BCUT2D eigenvalue weighted by Crippen LogP contribution is 2.34. The van der Waals surface area contributed by atoms with Crippen LogP contribution >= 0.6 is 0 Å². The quantitative estimate of drug-likeness (QED) is 0.534. The number of hydrogen-bond acceptors (Lipinski definition) is 5. The van der Waals surface area contributed by atoms with Crippen LogP contribution < -0.4 is 15.0 Å². The van der Waals surface area contributed by atoms with Crippen LogP contribution in [0.5, 0.6) is 0 Å². The fourth-order valence-corrected chi connectivity index (χ4v) is 4.43. The average Bonchev–Trinajstić information content (AvgIpc) is 3.21. The number of benzene rings is 3. The van der Waals surface area contributed by atoms with Crippen LogP contribution in [0.2, 0.25) is 0 Å². The molecule has 0 bridgehead atoms. The summed E-state index contributed by atoms with van der Waals surface area (Å²) in [6.45, 7) is 3.06. The fourth-order valence-electron chi connectivity index (χ4n) is 4.43. The van der Waals surface area contributed by atoms with Crippen molar-refractivity contribution in [3.8, 4) is 0 Å². The standard InChI is InChI=1S/C29H25N3O3/c1-20-12-15-23(16-13-20)31-18-6-8-22-19-21(14-17-26(22)31)7-5-11-25-27(29(34)35)30-32(28(25)33)24-9-3-2-4-10-24/h2-5,7,9-17,19H,6,8,18H2,1H3,(H,34,35)/p-1/b7-5+,25-11-. The van der Waals surface area contributed by atoms with Gasteiger partial charge >= 0.3 is 0 Å². The summed E-state index contributed by atoms with van der Waals surface area (Å²) in [5.74, 6) is -1.99. The molecule has 2 aliphatic rings. The molecule has 6 heteroatoms. The van der Waals surface area contributed by atoms with Gasteiger partial charge < -0.3 is 14.8 Å². The number of aliphatic carboxylic acids is 1. The normalized spacial score (nSPS) is 16.7. The molecule has 3 aromatic rings. The molecule has 35 heavy (non-hydrogen) atoms. The highest BCUT2D eigenvalue weighted by molar-refractivity contribution is 6.52. The zero-order chi connectivity index (χ0) is 24.4. The molecule has 0 spiro atoms. The number of para-hydroxylation sites is 1. The number of hydrazone groups is 1. The first-order valence-corrected chi connectivity index (χ1v) is 11.6. The number of anilines is 3. The van der Waals surface area contributed by atoms with Gasteiger partial charge in [0.05, 0.1) is 17.2 Å². The lowest BCUT2D eigenvalue weighted by molar-refractivity contribution is -0.294. The second kappa shape index (κ2) is 9.43. The molecule has 0 saturated carbocycles. The van der Waals surface area contributed by atoms with E-state index in [4.69, 9.17) is 0 Å². The molecule has 0 saturated heterocycles. The molecule has 3 aromatic carbocycles. The number of allylic oxidation sites excluding steroid dienone is 2. The Morgan fingerprint density at radius 1 is 1.00 bits per heavy atom. The summed E-state index contributed by atoms with van der Waals surface area (Å²) in [6.07, 6.45) is 7.09. The van der Waals surface area contributed by atoms with E-state index in [1.807, 2.05) is 18.2 Å². The molecule has 0 atom stereocenters. The van der Waals surface area contributed by atoms with E-state index in [1.54, 1.807) is 30.3 Å². The molecule has 2 heterocycles. The van der Waals surface area contributed by atoms with Crippen molar-refractivity contribution < 1.29 is 14.7 Å². The average molecular weight is 463 g/mol. The van der Waals surface area contributed by atoms with E-state index in [0.29, 0.717) is 5.69 Å². The van der Waals surface area contributed by atoms with Gasteiger partial charge in [-0.15, -0.1) is 0 Å². The molecule has 0 unspecified atom stereocenters. The van der Waals surface area contributed by atoms with E-state index in [0.717, 1.165) is 30.0 Å². The van der Waals surface area contributed by atoms with Crippen molar-refractivity contribution in [2.75, 3.05) is 16.5 Å². The van der Waals surface area contributed by atoms with Crippen LogP contribution in [0.1, 0.15) is 23.1 Å². The zero-order valence-electron chi connectivity index (χ0n) is 19.3. The minimum Gasteiger partial charge on any atom is -0.543 e. The molecule has 0 aliphatic carbocycles. The molecule has 0 N–H and O–H groups in total. The summed E-state index contributed by atoms with van der Waals surface area (Å²) in [5.41, 5.74) is 5.97. The fraction of sp³-hybridized carbons (Fsp3) is 0.138. The number of hydrogen-bond donors (Lipinski definition) is 0. The Hall–Kier alpha value is -4.45. The van der Waals surface area contributed by atoms with Gasteiger partial charge in [-0.25, -0.2) is 0 Å². The van der Waals surface area contributed by atoms with E-state index >= 15 is 0 Å². The summed E-state index contributed by atoms with van der Waals surface area (Å²) in [7, 11) is 0. The molecule has 174 valence electrons. The zero-order valence-corrected chi connectivity index (χ0v) is 19.3. The van der Waals surface area contributed by atoms with Crippen molar-refractivity contribution in [3.63, 3.8) is 0 Å². The van der Waals surface area contributed by atoms with Crippen molar-refractivity contribution in [2.24, 2.45) is 5.10 Å². The van der Waals surface area contributed by atoms with Crippen LogP contribution in [0.3, 0.4) is 0 Å². The highest BCUT2D eigenvalue weighted by Gasteiger charge is 2.31. The lowest BCUT2D eigenvalue weighted by atomic mass is 9.98. The lowest BCUT2D eigenvalue weighted by Crippen LogP contribution is -2.32. The number of carboxylic acid groups (broad SMARTS) is 1. The van der Waals surface area contributed by atoms with Crippen LogP contribution in [0.15, 0.2) is 95.6 Å². The Kier molecular flexibility index (Phi) is 6.02. The molecular weight excluding hydrogens is 438 g/mol. The number of nitrogens with zero attached hydrogens (tertiary/aromatic N) is 3. The third kappa shape index (κ3) is 4.51. The number of aryl methyl sites for hydroxylation is 2. The summed E-state index contributed by atoms with van der Waals surface area (Å²) >= 11 is 0. The maximum absolute atomic E-state index is 12.9. The molecule has 2 aliphatic heterocycles. The third-order valence-electron chi connectivity index (χ3n) is 6.19. The van der Waals surface area contributed by atoms with E-state index in [1.165, 1.54) is 28.6 Å². The number of fused-ring (bicyclic) bond motifs is 1. The second-order valence-corrected chi connectivity index (χ2v) is 8.61. The van der Waals surface area contributed by atoms with Gasteiger partial charge in [-0.2, -0.15) is 10.1 Å². The Labute approximate surface area is 204 Å². The largest absolute Gasteiger partial charge is 0.543 e. The minimum atomic E-state index is -1.48. The molecule has 0 fully saturated rings. The topological polar surface area (TPSA) is 76.0 Å². The van der Waals surface area contributed by atoms with E-state index in [2.05, 4.69) is 53.3 Å². The van der Waals surface area contributed by atoms with Gasteiger partial charge in [0.25, 0.3) is 5.91 Å².